The molecule has 0 aliphatic carbocycles. The zero-order chi connectivity index (χ0) is 12.7. The number of methoxy groups -OCH3 is 1. The molecule has 0 aliphatic rings. The summed E-state index contributed by atoms with van der Waals surface area (Å²) in [5, 5.41) is 8.54. The van der Waals surface area contributed by atoms with Crippen LogP contribution in [-0.4, -0.2) is 25.1 Å². The van der Waals surface area contributed by atoms with E-state index in [9.17, 15) is 4.39 Å². The minimum Gasteiger partial charge on any atom is -0.494 e. The molecule has 1 aromatic rings. The number of hydrogen-bond acceptors (Lipinski definition) is 3. The number of rotatable bonds is 6. The number of ether oxygens (including phenoxy) is 1. The Kier molecular flexibility index (Phi) is 5.44. The molecule has 17 heavy (non-hydrogen) atoms. The minimum absolute atomic E-state index is 0.258. The highest BCUT2D eigenvalue weighted by atomic mass is 19.1. The van der Waals surface area contributed by atoms with Crippen molar-refractivity contribution in [1.82, 2.24) is 4.90 Å². The number of hydrogen-bond donors (Lipinski definition) is 0. The Labute approximate surface area is 101 Å². The van der Waals surface area contributed by atoms with Gasteiger partial charge in [-0.2, -0.15) is 5.26 Å². The van der Waals surface area contributed by atoms with Gasteiger partial charge in [-0.05, 0) is 24.2 Å². The van der Waals surface area contributed by atoms with E-state index in [0.717, 1.165) is 12.1 Å². The fourth-order valence-electron chi connectivity index (χ4n) is 1.62. The zero-order valence-corrected chi connectivity index (χ0v) is 10.2. The van der Waals surface area contributed by atoms with Crippen LogP contribution in [0.2, 0.25) is 0 Å². The second-order valence-corrected chi connectivity index (χ2v) is 3.75. The highest BCUT2D eigenvalue weighted by Crippen LogP contribution is 2.18. The molecule has 1 rings (SSSR count). The molecule has 0 saturated heterocycles. The zero-order valence-electron chi connectivity index (χ0n) is 10.2. The SMILES string of the molecule is CCN(CCC#N)Cc1ccc(OC)c(F)c1. The highest BCUT2D eigenvalue weighted by molar-refractivity contribution is 5.29. The summed E-state index contributed by atoms with van der Waals surface area (Å²) in [5.41, 5.74) is 0.892. The molecule has 92 valence electrons. The van der Waals surface area contributed by atoms with Gasteiger partial charge in [-0.1, -0.05) is 13.0 Å². The van der Waals surface area contributed by atoms with E-state index >= 15 is 0 Å². The largest absolute Gasteiger partial charge is 0.494 e. The van der Waals surface area contributed by atoms with E-state index in [4.69, 9.17) is 10.00 Å². The molecule has 0 spiro atoms. The van der Waals surface area contributed by atoms with Gasteiger partial charge in [0.05, 0.1) is 13.2 Å². The van der Waals surface area contributed by atoms with E-state index in [1.807, 2.05) is 13.0 Å². The lowest BCUT2D eigenvalue weighted by Gasteiger charge is -2.19. The lowest BCUT2D eigenvalue weighted by atomic mass is 10.2. The maximum absolute atomic E-state index is 13.5. The normalized spacial score (nSPS) is 10.3. The Morgan fingerprint density at radius 3 is 2.76 bits per heavy atom. The number of nitriles is 1. The molecule has 0 unspecified atom stereocenters. The Morgan fingerprint density at radius 2 is 2.24 bits per heavy atom. The predicted octanol–water partition coefficient (Wildman–Crippen LogP) is 2.57. The summed E-state index contributed by atoms with van der Waals surface area (Å²) in [6.45, 7) is 4.23. The van der Waals surface area contributed by atoms with Crippen LogP contribution in [0.5, 0.6) is 5.75 Å². The summed E-state index contributed by atoms with van der Waals surface area (Å²) in [6.07, 6.45) is 0.493. The van der Waals surface area contributed by atoms with Crippen LogP contribution in [0.1, 0.15) is 18.9 Å². The average molecular weight is 236 g/mol. The van der Waals surface area contributed by atoms with E-state index < -0.39 is 0 Å². The van der Waals surface area contributed by atoms with Crippen LogP contribution in [0.25, 0.3) is 0 Å². The van der Waals surface area contributed by atoms with E-state index in [0.29, 0.717) is 19.5 Å². The number of benzene rings is 1. The Hall–Kier alpha value is -1.60. The molecule has 0 N–H and O–H groups in total. The standard InChI is InChI=1S/C13H17FN2O/c1-3-16(8-4-7-15)10-11-5-6-13(17-2)12(14)9-11/h5-6,9H,3-4,8,10H2,1-2H3. The van der Waals surface area contributed by atoms with Crippen LogP contribution in [0.4, 0.5) is 4.39 Å². The Morgan fingerprint density at radius 1 is 1.47 bits per heavy atom. The molecule has 1 aromatic carbocycles. The monoisotopic (exact) mass is 236 g/mol. The maximum atomic E-state index is 13.5. The third kappa shape index (κ3) is 4.04. The van der Waals surface area contributed by atoms with E-state index in [2.05, 4.69) is 11.0 Å². The first kappa shape index (κ1) is 13.5. The minimum atomic E-state index is -0.346. The van der Waals surface area contributed by atoms with Gasteiger partial charge in [-0.15, -0.1) is 0 Å². The van der Waals surface area contributed by atoms with Crippen molar-refractivity contribution in [2.45, 2.75) is 19.9 Å². The van der Waals surface area contributed by atoms with Crippen LogP contribution in [0.3, 0.4) is 0 Å². The van der Waals surface area contributed by atoms with Gasteiger partial charge in [-0.3, -0.25) is 4.90 Å². The average Bonchev–Trinajstić information content (AvgIpc) is 2.34. The maximum Gasteiger partial charge on any atom is 0.165 e. The first-order valence-corrected chi connectivity index (χ1v) is 5.63. The summed E-state index contributed by atoms with van der Waals surface area (Å²) >= 11 is 0. The summed E-state index contributed by atoms with van der Waals surface area (Å²) in [6, 6.07) is 7.06. The van der Waals surface area contributed by atoms with Gasteiger partial charge in [0.2, 0.25) is 0 Å². The van der Waals surface area contributed by atoms with Crippen molar-refractivity contribution in [2.75, 3.05) is 20.2 Å². The molecule has 0 amide bonds. The Bertz CT molecular complexity index is 401. The van der Waals surface area contributed by atoms with Crippen LogP contribution in [0, 0.1) is 17.1 Å². The van der Waals surface area contributed by atoms with Gasteiger partial charge in [0.25, 0.3) is 0 Å². The lowest BCUT2D eigenvalue weighted by molar-refractivity contribution is 0.286. The number of nitrogens with zero attached hydrogens (tertiary/aromatic N) is 2. The third-order valence-electron chi connectivity index (χ3n) is 2.61. The fourth-order valence-corrected chi connectivity index (χ4v) is 1.62. The molecule has 4 heteroatoms. The second kappa shape index (κ2) is 6.87. The molecule has 0 radical (unpaired) electrons. The van der Waals surface area contributed by atoms with Gasteiger partial charge in [-0.25, -0.2) is 4.39 Å². The molecular formula is C13H17FN2O. The lowest BCUT2D eigenvalue weighted by Crippen LogP contribution is -2.23. The Balaban J connectivity index is 2.67. The van der Waals surface area contributed by atoms with Gasteiger partial charge in [0, 0.05) is 19.5 Å². The van der Waals surface area contributed by atoms with Gasteiger partial charge in [0.1, 0.15) is 0 Å². The summed E-state index contributed by atoms with van der Waals surface area (Å²) in [4.78, 5) is 2.10. The van der Waals surface area contributed by atoms with Gasteiger partial charge < -0.3 is 4.74 Å². The second-order valence-electron chi connectivity index (χ2n) is 3.75. The smallest absolute Gasteiger partial charge is 0.165 e. The summed E-state index contributed by atoms with van der Waals surface area (Å²) < 4.78 is 18.3. The van der Waals surface area contributed by atoms with Gasteiger partial charge in [0.15, 0.2) is 11.6 Å². The van der Waals surface area contributed by atoms with Gasteiger partial charge >= 0.3 is 0 Å². The summed E-state index contributed by atoms with van der Waals surface area (Å²) in [5.74, 6) is -0.0878. The molecule has 0 fully saturated rings. The van der Waals surface area contributed by atoms with Crippen molar-refractivity contribution in [2.24, 2.45) is 0 Å². The first-order chi connectivity index (χ1) is 8.21. The molecule has 0 aliphatic heterocycles. The van der Waals surface area contributed by atoms with Crippen molar-refractivity contribution in [3.63, 3.8) is 0 Å². The molecule has 0 atom stereocenters. The van der Waals surface area contributed by atoms with E-state index in [1.54, 1.807) is 6.07 Å². The highest BCUT2D eigenvalue weighted by Gasteiger charge is 2.07. The molecular weight excluding hydrogens is 219 g/mol. The fraction of sp³-hybridized carbons (Fsp3) is 0.462. The van der Waals surface area contributed by atoms with Crippen LogP contribution >= 0.6 is 0 Å². The summed E-state index contributed by atoms with van der Waals surface area (Å²) in [7, 11) is 1.45. The van der Waals surface area contributed by atoms with Crippen LogP contribution < -0.4 is 4.74 Å². The first-order valence-electron chi connectivity index (χ1n) is 5.63. The van der Waals surface area contributed by atoms with Crippen LogP contribution in [-0.2, 0) is 6.54 Å². The quantitative estimate of drug-likeness (QED) is 0.761. The molecule has 0 saturated carbocycles. The van der Waals surface area contributed by atoms with E-state index in [-0.39, 0.29) is 11.6 Å². The predicted molar refractivity (Wildman–Crippen MR) is 64.1 cm³/mol. The van der Waals surface area contributed by atoms with Crippen molar-refractivity contribution in [3.05, 3.63) is 29.6 Å². The van der Waals surface area contributed by atoms with Crippen LogP contribution in [0.15, 0.2) is 18.2 Å². The van der Waals surface area contributed by atoms with Crippen molar-refractivity contribution < 1.29 is 9.13 Å². The third-order valence-corrected chi connectivity index (χ3v) is 2.61. The van der Waals surface area contributed by atoms with Crippen molar-refractivity contribution in [3.8, 4) is 11.8 Å². The van der Waals surface area contributed by atoms with E-state index in [1.165, 1.54) is 13.2 Å². The number of halogens is 1. The van der Waals surface area contributed by atoms with Crippen molar-refractivity contribution in [1.29, 1.82) is 5.26 Å². The topological polar surface area (TPSA) is 36.3 Å². The molecule has 0 bridgehead atoms. The molecule has 0 aromatic heterocycles. The van der Waals surface area contributed by atoms with Crippen molar-refractivity contribution >= 4 is 0 Å². The molecule has 3 nitrogen and oxygen atoms in total. The molecule has 0 heterocycles.